The highest BCUT2D eigenvalue weighted by molar-refractivity contribution is 5.98. The number of hydrogen-bond acceptors (Lipinski definition) is 1. The number of rotatable bonds is 5. The second kappa shape index (κ2) is 6.03. The maximum atomic E-state index is 13.0. The molecule has 118 valence electrons. The predicted molar refractivity (Wildman–Crippen MR) is 64.1 cm³/mol. The minimum atomic E-state index is -6.30. The van der Waals surface area contributed by atoms with Gasteiger partial charge < -0.3 is 0 Å². The molecule has 0 aliphatic heterocycles. The summed E-state index contributed by atoms with van der Waals surface area (Å²) in [4.78, 5) is 3.61. The van der Waals surface area contributed by atoms with Crippen LogP contribution in [-0.2, 0) is 0 Å². The van der Waals surface area contributed by atoms with Gasteiger partial charge in [0.15, 0.2) is 0 Å². The third-order valence-corrected chi connectivity index (χ3v) is 2.78. The van der Waals surface area contributed by atoms with Crippen molar-refractivity contribution in [1.82, 2.24) is 0 Å². The molecule has 0 radical (unpaired) electrons. The number of alkyl halides is 7. The molecular weight excluding hydrogens is 303 g/mol. The molecule has 1 nitrogen and oxygen atoms in total. The Morgan fingerprint density at radius 1 is 0.952 bits per heavy atom. The van der Waals surface area contributed by atoms with E-state index in [0.717, 1.165) is 0 Å². The van der Waals surface area contributed by atoms with Crippen LogP contribution in [0.5, 0.6) is 0 Å². The summed E-state index contributed by atoms with van der Waals surface area (Å²) in [5, 5.41) is 0. The van der Waals surface area contributed by atoms with E-state index in [4.69, 9.17) is 0 Å². The van der Waals surface area contributed by atoms with E-state index >= 15 is 0 Å². The topological polar surface area (TPSA) is 12.4 Å². The molecule has 0 amide bonds. The Balaban J connectivity index is 2.75. The average molecular weight is 315 g/mol. The Kier molecular flexibility index (Phi) is 5.01. The summed E-state index contributed by atoms with van der Waals surface area (Å²) in [5.74, 6) is -11.3. The minimum Gasteiger partial charge on any atom is -0.289 e. The quantitative estimate of drug-likeness (QED) is 0.551. The Morgan fingerprint density at radius 2 is 1.48 bits per heavy atom. The molecule has 1 aromatic rings. The van der Waals surface area contributed by atoms with Gasteiger partial charge in [-0.3, -0.25) is 4.99 Å². The second-order valence-corrected chi connectivity index (χ2v) is 4.36. The lowest BCUT2D eigenvalue weighted by atomic mass is 10.1. The molecule has 1 rings (SSSR count). The smallest absolute Gasteiger partial charge is 0.289 e. The summed E-state index contributed by atoms with van der Waals surface area (Å²) in [7, 11) is 0. The highest BCUT2D eigenvalue weighted by atomic mass is 19.4. The van der Waals surface area contributed by atoms with E-state index in [0.29, 0.717) is 5.56 Å². The van der Waals surface area contributed by atoms with Gasteiger partial charge in [-0.25, -0.2) is 0 Å². The van der Waals surface area contributed by atoms with Gasteiger partial charge in [-0.15, -0.1) is 0 Å². The highest BCUT2D eigenvalue weighted by Gasteiger charge is 2.72. The fourth-order valence-corrected chi connectivity index (χ4v) is 1.50. The predicted octanol–water partition coefficient (Wildman–Crippen LogP) is 4.72. The van der Waals surface area contributed by atoms with Gasteiger partial charge in [0.25, 0.3) is 0 Å². The maximum Gasteiger partial charge on any atom is 0.459 e. The molecule has 0 heterocycles. The summed E-state index contributed by atoms with van der Waals surface area (Å²) in [5.41, 5.74) is 0.852. The third kappa shape index (κ3) is 3.95. The number of nitrogens with zero attached hydrogens (tertiary/aromatic N) is 1. The minimum absolute atomic E-state index is 0.279. The maximum absolute atomic E-state index is 13.0. The van der Waals surface area contributed by atoms with E-state index in [-0.39, 0.29) is 5.71 Å². The Bertz CT molecular complexity index is 491. The van der Waals surface area contributed by atoms with Crippen LogP contribution in [0.3, 0.4) is 0 Å². The number of benzene rings is 1. The average Bonchev–Trinajstić information content (AvgIpc) is 2.38. The normalized spacial score (nSPS) is 14.4. The van der Waals surface area contributed by atoms with E-state index in [9.17, 15) is 30.7 Å². The van der Waals surface area contributed by atoms with Crippen molar-refractivity contribution < 1.29 is 30.7 Å². The van der Waals surface area contributed by atoms with Crippen LogP contribution in [0.25, 0.3) is 0 Å². The molecule has 0 atom stereocenters. The van der Waals surface area contributed by atoms with Gasteiger partial charge >= 0.3 is 18.0 Å². The second-order valence-electron chi connectivity index (χ2n) is 4.36. The van der Waals surface area contributed by atoms with Gasteiger partial charge in [0, 0.05) is 18.7 Å². The summed E-state index contributed by atoms with van der Waals surface area (Å²) in [6, 6.07) is 8.24. The van der Waals surface area contributed by atoms with E-state index in [1.54, 1.807) is 30.3 Å². The van der Waals surface area contributed by atoms with E-state index < -0.39 is 31.0 Å². The van der Waals surface area contributed by atoms with E-state index in [1.807, 2.05) is 0 Å². The first-order valence-corrected chi connectivity index (χ1v) is 5.88. The van der Waals surface area contributed by atoms with Crippen LogP contribution in [0, 0.1) is 0 Å². The molecule has 0 N–H and O–H groups in total. The lowest BCUT2D eigenvalue weighted by molar-refractivity contribution is -0.355. The van der Waals surface area contributed by atoms with Crippen molar-refractivity contribution in [2.45, 2.75) is 31.4 Å². The highest BCUT2D eigenvalue weighted by Crippen LogP contribution is 2.47. The van der Waals surface area contributed by atoms with Gasteiger partial charge in [-0.2, -0.15) is 30.7 Å². The van der Waals surface area contributed by atoms with Crippen molar-refractivity contribution >= 4 is 5.71 Å². The largest absolute Gasteiger partial charge is 0.459 e. The standard InChI is InChI=1S/C13H12F7N/c1-9(10-5-3-2-4-6-10)21-8-7-11(14,15)12(16,17)13(18,19)20/h2-6H,7-8H2,1H3. The van der Waals surface area contributed by atoms with Crippen molar-refractivity contribution in [3.05, 3.63) is 35.9 Å². The van der Waals surface area contributed by atoms with Crippen molar-refractivity contribution in [1.29, 1.82) is 0 Å². The number of hydrogen-bond donors (Lipinski definition) is 0. The third-order valence-electron chi connectivity index (χ3n) is 2.78. The van der Waals surface area contributed by atoms with E-state index in [2.05, 4.69) is 4.99 Å². The zero-order valence-corrected chi connectivity index (χ0v) is 10.9. The molecule has 0 saturated heterocycles. The number of aliphatic imine (C=N–C) groups is 1. The van der Waals surface area contributed by atoms with Crippen LogP contribution < -0.4 is 0 Å². The van der Waals surface area contributed by atoms with Crippen molar-refractivity contribution in [2.75, 3.05) is 6.54 Å². The monoisotopic (exact) mass is 315 g/mol. The molecule has 1 aromatic carbocycles. The van der Waals surface area contributed by atoms with Crippen LogP contribution in [0.1, 0.15) is 18.9 Å². The molecule has 8 heteroatoms. The fourth-order valence-electron chi connectivity index (χ4n) is 1.50. The molecule has 0 bridgehead atoms. The van der Waals surface area contributed by atoms with Gasteiger partial charge in [0.2, 0.25) is 0 Å². The molecule has 0 saturated carbocycles. The number of halogens is 7. The molecule has 0 aliphatic rings. The molecule has 0 aliphatic carbocycles. The lowest BCUT2D eigenvalue weighted by Gasteiger charge is -2.27. The summed E-state index contributed by atoms with van der Waals surface area (Å²) < 4.78 is 87.0. The Labute approximate surface area is 116 Å². The molecule has 0 spiro atoms. The first-order chi connectivity index (χ1) is 9.49. The SMILES string of the molecule is CC(=NCCC(F)(F)C(F)(F)C(F)(F)F)c1ccccc1. The lowest BCUT2D eigenvalue weighted by Crippen LogP contribution is -2.52. The van der Waals surface area contributed by atoms with Gasteiger partial charge in [0.05, 0.1) is 0 Å². The zero-order chi connectivity index (χ0) is 16.3. The molecular formula is C13H12F7N. The Morgan fingerprint density at radius 3 is 1.95 bits per heavy atom. The van der Waals surface area contributed by atoms with Crippen LogP contribution in [0.2, 0.25) is 0 Å². The first kappa shape index (κ1) is 17.5. The van der Waals surface area contributed by atoms with E-state index in [1.165, 1.54) is 6.92 Å². The summed E-state index contributed by atoms with van der Waals surface area (Å²) in [6.07, 6.45) is -7.99. The Hall–Kier alpha value is -1.60. The van der Waals surface area contributed by atoms with Crippen molar-refractivity contribution in [3.8, 4) is 0 Å². The summed E-state index contributed by atoms with van der Waals surface area (Å²) >= 11 is 0. The van der Waals surface area contributed by atoms with Gasteiger partial charge in [0.1, 0.15) is 0 Å². The summed E-state index contributed by atoms with van der Waals surface area (Å²) in [6.45, 7) is 0.620. The molecule has 21 heavy (non-hydrogen) atoms. The molecule has 0 fully saturated rings. The van der Waals surface area contributed by atoms with Crippen LogP contribution >= 0.6 is 0 Å². The van der Waals surface area contributed by atoms with Crippen LogP contribution in [0.15, 0.2) is 35.3 Å². The van der Waals surface area contributed by atoms with Crippen molar-refractivity contribution in [3.63, 3.8) is 0 Å². The first-order valence-electron chi connectivity index (χ1n) is 5.88. The fraction of sp³-hybridized carbons (Fsp3) is 0.462. The van der Waals surface area contributed by atoms with Gasteiger partial charge in [-0.05, 0) is 12.5 Å². The molecule has 0 unspecified atom stereocenters. The zero-order valence-electron chi connectivity index (χ0n) is 10.9. The van der Waals surface area contributed by atoms with Crippen LogP contribution in [-0.4, -0.2) is 30.3 Å². The van der Waals surface area contributed by atoms with Gasteiger partial charge in [-0.1, -0.05) is 30.3 Å². The van der Waals surface area contributed by atoms with Crippen molar-refractivity contribution in [2.24, 2.45) is 4.99 Å². The van der Waals surface area contributed by atoms with Crippen LogP contribution in [0.4, 0.5) is 30.7 Å². The molecule has 0 aromatic heterocycles.